The minimum absolute atomic E-state index is 0.970. The van der Waals surface area contributed by atoms with Gasteiger partial charge in [-0.1, -0.05) is 12.1 Å². The first kappa shape index (κ1) is 6.68. The van der Waals surface area contributed by atoms with Crippen molar-refractivity contribution in [1.82, 2.24) is 5.32 Å². The molecular formula is C9H11N2. The zero-order valence-corrected chi connectivity index (χ0v) is 6.38. The summed E-state index contributed by atoms with van der Waals surface area (Å²) in [4.78, 5) is 2.30. The molecule has 0 spiro atoms. The molecule has 0 aliphatic carbocycles. The molecule has 1 saturated heterocycles. The third-order valence-corrected chi connectivity index (χ3v) is 1.92. The number of hydrogen-bond acceptors (Lipinski definition) is 2. The van der Waals surface area contributed by atoms with Crippen molar-refractivity contribution in [2.45, 2.75) is 0 Å². The first-order valence-corrected chi connectivity index (χ1v) is 3.88. The molecule has 0 bridgehead atoms. The van der Waals surface area contributed by atoms with Gasteiger partial charge in [0.15, 0.2) is 0 Å². The molecule has 1 heterocycles. The van der Waals surface area contributed by atoms with Gasteiger partial charge in [-0.3, -0.25) is 5.32 Å². The highest BCUT2D eigenvalue weighted by Gasteiger charge is 2.09. The van der Waals surface area contributed by atoms with Gasteiger partial charge >= 0.3 is 0 Å². The van der Waals surface area contributed by atoms with Gasteiger partial charge in [0.1, 0.15) is 0 Å². The Kier molecular flexibility index (Phi) is 1.78. The van der Waals surface area contributed by atoms with Crippen LogP contribution >= 0.6 is 0 Å². The fourth-order valence-electron chi connectivity index (χ4n) is 1.31. The highest BCUT2D eigenvalue weighted by Crippen LogP contribution is 2.12. The van der Waals surface area contributed by atoms with E-state index in [0.29, 0.717) is 0 Å². The largest absolute Gasteiger partial charge is 0.357 e. The second-order valence-electron chi connectivity index (χ2n) is 2.68. The van der Waals surface area contributed by atoms with Crippen LogP contribution in [0.15, 0.2) is 24.3 Å². The molecule has 11 heavy (non-hydrogen) atoms. The van der Waals surface area contributed by atoms with Crippen LogP contribution in [0.25, 0.3) is 0 Å². The van der Waals surface area contributed by atoms with Crippen LogP contribution in [0.2, 0.25) is 0 Å². The molecule has 1 fully saturated rings. The standard InChI is InChI=1S/C9H11N2/c1-2-4-9(5-3-1)11-7-6-10-8-11/h1-2,4-5,10H,6-8H2. The number of benzene rings is 1. The maximum Gasteiger partial charge on any atom is 0.0683 e. The Labute approximate surface area is 66.8 Å². The van der Waals surface area contributed by atoms with E-state index in [1.54, 1.807) is 0 Å². The van der Waals surface area contributed by atoms with E-state index in [0.717, 1.165) is 19.8 Å². The molecule has 0 aromatic heterocycles. The monoisotopic (exact) mass is 147 g/mol. The lowest BCUT2D eigenvalue weighted by Gasteiger charge is -2.15. The van der Waals surface area contributed by atoms with Crippen molar-refractivity contribution in [1.29, 1.82) is 0 Å². The van der Waals surface area contributed by atoms with Crippen LogP contribution in [-0.4, -0.2) is 19.8 Å². The summed E-state index contributed by atoms with van der Waals surface area (Å²) in [5.41, 5.74) is 1.26. The van der Waals surface area contributed by atoms with Crippen molar-refractivity contribution in [2.24, 2.45) is 0 Å². The lowest BCUT2D eigenvalue weighted by Crippen LogP contribution is -2.20. The number of nitrogens with one attached hydrogen (secondary N) is 1. The van der Waals surface area contributed by atoms with Crippen molar-refractivity contribution in [2.75, 3.05) is 24.7 Å². The van der Waals surface area contributed by atoms with E-state index in [4.69, 9.17) is 0 Å². The molecule has 0 amide bonds. The van der Waals surface area contributed by atoms with E-state index in [-0.39, 0.29) is 0 Å². The molecule has 1 radical (unpaired) electrons. The van der Waals surface area contributed by atoms with Crippen LogP contribution in [0.1, 0.15) is 0 Å². The highest BCUT2D eigenvalue weighted by atomic mass is 15.3. The minimum atomic E-state index is 0.970. The fourth-order valence-corrected chi connectivity index (χ4v) is 1.31. The van der Waals surface area contributed by atoms with Gasteiger partial charge in [0.25, 0.3) is 0 Å². The Morgan fingerprint density at radius 3 is 3.18 bits per heavy atom. The average Bonchev–Trinajstić information content (AvgIpc) is 2.58. The predicted molar refractivity (Wildman–Crippen MR) is 45.5 cm³/mol. The Balaban J connectivity index is 2.16. The summed E-state index contributed by atoms with van der Waals surface area (Å²) >= 11 is 0. The van der Waals surface area contributed by atoms with Crippen molar-refractivity contribution in [3.05, 3.63) is 30.3 Å². The number of anilines is 1. The summed E-state index contributed by atoms with van der Waals surface area (Å²) < 4.78 is 0. The van der Waals surface area contributed by atoms with E-state index >= 15 is 0 Å². The Morgan fingerprint density at radius 1 is 1.55 bits per heavy atom. The summed E-state index contributed by atoms with van der Waals surface area (Å²) in [5, 5.41) is 3.28. The van der Waals surface area contributed by atoms with Gasteiger partial charge in [-0.15, -0.1) is 0 Å². The maximum atomic E-state index is 3.28. The Hall–Kier alpha value is -1.02. The van der Waals surface area contributed by atoms with Gasteiger partial charge in [0.05, 0.1) is 6.67 Å². The normalized spacial score (nSPS) is 17.3. The molecule has 2 nitrogen and oxygen atoms in total. The van der Waals surface area contributed by atoms with E-state index in [1.807, 2.05) is 18.2 Å². The third kappa shape index (κ3) is 1.35. The van der Waals surface area contributed by atoms with Crippen LogP contribution < -0.4 is 10.2 Å². The van der Waals surface area contributed by atoms with E-state index in [9.17, 15) is 0 Å². The first-order valence-electron chi connectivity index (χ1n) is 3.88. The fraction of sp³-hybridized carbons (Fsp3) is 0.333. The van der Waals surface area contributed by atoms with Gasteiger partial charge in [-0.25, -0.2) is 0 Å². The predicted octanol–water partition coefficient (Wildman–Crippen LogP) is 0.854. The SMILES string of the molecule is [c]1cccc(N2CCNC2)c1. The molecule has 2 rings (SSSR count). The maximum absolute atomic E-state index is 3.28. The zero-order chi connectivity index (χ0) is 7.52. The van der Waals surface area contributed by atoms with Crippen molar-refractivity contribution in [3.63, 3.8) is 0 Å². The lowest BCUT2D eigenvalue weighted by atomic mass is 10.3. The summed E-state index contributed by atoms with van der Waals surface area (Å²) in [6.45, 7) is 3.17. The molecule has 1 aromatic rings. The smallest absolute Gasteiger partial charge is 0.0683 e. The molecule has 57 valence electrons. The summed E-state index contributed by atoms with van der Waals surface area (Å²) in [5.74, 6) is 0. The topological polar surface area (TPSA) is 15.3 Å². The van der Waals surface area contributed by atoms with E-state index in [2.05, 4.69) is 22.3 Å². The van der Waals surface area contributed by atoms with E-state index in [1.165, 1.54) is 5.69 Å². The second-order valence-corrected chi connectivity index (χ2v) is 2.68. The molecule has 1 aliphatic heterocycles. The molecule has 1 N–H and O–H groups in total. The van der Waals surface area contributed by atoms with Gasteiger partial charge < -0.3 is 4.90 Å². The number of rotatable bonds is 1. The zero-order valence-electron chi connectivity index (χ0n) is 6.38. The van der Waals surface area contributed by atoms with E-state index < -0.39 is 0 Å². The highest BCUT2D eigenvalue weighted by molar-refractivity contribution is 5.46. The van der Waals surface area contributed by atoms with Crippen LogP contribution in [-0.2, 0) is 0 Å². The van der Waals surface area contributed by atoms with Crippen LogP contribution in [0, 0.1) is 6.07 Å². The van der Waals surface area contributed by atoms with Gasteiger partial charge in [-0.05, 0) is 18.2 Å². The average molecular weight is 147 g/mol. The minimum Gasteiger partial charge on any atom is -0.357 e. The molecule has 1 aliphatic rings. The molecule has 0 unspecified atom stereocenters. The number of hydrogen-bond donors (Lipinski definition) is 1. The third-order valence-electron chi connectivity index (χ3n) is 1.92. The number of nitrogens with zero attached hydrogens (tertiary/aromatic N) is 1. The first-order chi connectivity index (χ1) is 5.47. The van der Waals surface area contributed by atoms with Crippen molar-refractivity contribution >= 4 is 5.69 Å². The summed E-state index contributed by atoms with van der Waals surface area (Å²) in [7, 11) is 0. The summed E-state index contributed by atoms with van der Waals surface area (Å²) in [6.07, 6.45) is 0. The second kappa shape index (κ2) is 2.93. The van der Waals surface area contributed by atoms with Crippen molar-refractivity contribution < 1.29 is 0 Å². The van der Waals surface area contributed by atoms with Gasteiger partial charge in [0, 0.05) is 18.8 Å². The van der Waals surface area contributed by atoms with Gasteiger partial charge in [-0.2, -0.15) is 0 Å². The molecule has 1 aromatic carbocycles. The molecular weight excluding hydrogens is 136 g/mol. The molecule has 2 heteroatoms. The van der Waals surface area contributed by atoms with Crippen molar-refractivity contribution in [3.8, 4) is 0 Å². The quantitative estimate of drug-likeness (QED) is 0.633. The van der Waals surface area contributed by atoms with Gasteiger partial charge in [0.2, 0.25) is 0 Å². The molecule has 0 saturated carbocycles. The Morgan fingerprint density at radius 2 is 2.55 bits per heavy atom. The van der Waals surface area contributed by atoms with Crippen LogP contribution in [0.4, 0.5) is 5.69 Å². The lowest BCUT2D eigenvalue weighted by molar-refractivity contribution is 0.855. The Bertz CT molecular complexity index is 214. The molecule has 0 atom stereocenters. The van der Waals surface area contributed by atoms with Crippen LogP contribution in [0.3, 0.4) is 0 Å². The summed E-state index contributed by atoms with van der Waals surface area (Å²) in [6, 6.07) is 11.1. The van der Waals surface area contributed by atoms with Crippen LogP contribution in [0.5, 0.6) is 0 Å².